The number of carbonyl (C=O) groups excluding carboxylic acids is 1. The maximum absolute atomic E-state index is 11.9. The van der Waals surface area contributed by atoms with E-state index in [1.807, 2.05) is 54.8 Å². The molecule has 1 aliphatic rings. The van der Waals surface area contributed by atoms with Crippen molar-refractivity contribution in [1.82, 2.24) is 34.8 Å². The SMILES string of the molecule is CNC(=O)C1CCC(n2cc(-c3cnc(-c4cccc(-c5cnn(C)c5)c4)nc3)cn2)CC1. The van der Waals surface area contributed by atoms with Gasteiger partial charge in [-0.15, -0.1) is 0 Å². The summed E-state index contributed by atoms with van der Waals surface area (Å²) >= 11 is 0. The smallest absolute Gasteiger partial charge is 0.222 e. The summed E-state index contributed by atoms with van der Waals surface area (Å²) in [7, 11) is 3.62. The zero-order chi connectivity index (χ0) is 22.8. The van der Waals surface area contributed by atoms with Crippen molar-refractivity contribution in [2.24, 2.45) is 13.0 Å². The van der Waals surface area contributed by atoms with Crippen molar-refractivity contribution in [2.45, 2.75) is 31.7 Å². The van der Waals surface area contributed by atoms with Crippen molar-refractivity contribution in [3.05, 3.63) is 61.4 Å². The minimum Gasteiger partial charge on any atom is -0.359 e. The second-order valence-electron chi connectivity index (χ2n) is 8.61. The highest BCUT2D eigenvalue weighted by Crippen LogP contribution is 2.33. The number of aromatic nitrogens is 6. The van der Waals surface area contributed by atoms with Gasteiger partial charge >= 0.3 is 0 Å². The number of carbonyl (C=O) groups is 1. The van der Waals surface area contributed by atoms with Crippen molar-refractivity contribution in [3.8, 4) is 33.6 Å². The number of hydrogen-bond donors (Lipinski definition) is 1. The molecule has 1 aliphatic carbocycles. The summed E-state index contributed by atoms with van der Waals surface area (Å²) < 4.78 is 3.82. The van der Waals surface area contributed by atoms with Crippen LogP contribution in [0.4, 0.5) is 0 Å². The Hall–Kier alpha value is -3.81. The molecule has 0 unspecified atom stereocenters. The summed E-state index contributed by atoms with van der Waals surface area (Å²) in [6.45, 7) is 0. The molecule has 3 heterocycles. The Labute approximate surface area is 192 Å². The fourth-order valence-corrected chi connectivity index (χ4v) is 4.53. The van der Waals surface area contributed by atoms with Crippen LogP contribution in [0.1, 0.15) is 31.7 Å². The van der Waals surface area contributed by atoms with E-state index in [9.17, 15) is 4.79 Å². The topological polar surface area (TPSA) is 90.5 Å². The Kier molecular flexibility index (Phi) is 5.73. The number of rotatable bonds is 5. The Bertz CT molecular complexity index is 1250. The van der Waals surface area contributed by atoms with E-state index in [1.54, 1.807) is 11.7 Å². The second kappa shape index (κ2) is 8.97. The molecule has 168 valence electrons. The van der Waals surface area contributed by atoms with Gasteiger partial charge in [0.25, 0.3) is 0 Å². The number of nitrogens with one attached hydrogen (secondary N) is 1. The Balaban J connectivity index is 1.29. The lowest BCUT2D eigenvalue weighted by atomic mass is 9.85. The van der Waals surface area contributed by atoms with Gasteiger partial charge < -0.3 is 5.32 Å². The highest BCUT2D eigenvalue weighted by atomic mass is 16.1. The van der Waals surface area contributed by atoms with Crippen LogP contribution in [0.3, 0.4) is 0 Å². The van der Waals surface area contributed by atoms with Crippen molar-refractivity contribution in [2.75, 3.05) is 7.05 Å². The lowest BCUT2D eigenvalue weighted by Crippen LogP contribution is -2.31. The van der Waals surface area contributed by atoms with Gasteiger partial charge in [-0.2, -0.15) is 10.2 Å². The van der Waals surface area contributed by atoms with Gasteiger partial charge in [-0.25, -0.2) is 9.97 Å². The first-order valence-corrected chi connectivity index (χ1v) is 11.3. The number of amides is 1. The maximum Gasteiger partial charge on any atom is 0.222 e. The van der Waals surface area contributed by atoms with Crippen LogP contribution >= 0.6 is 0 Å². The number of aryl methyl sites for hydroxylation is 1. The van der Waals surface area contributed by atoms with Crippen molar-refractivity contribution >= 4 is 5.91 Å². The lowest BCUT2D eigenvalue weighted by Gasteiger charge is -2.27. The Morgan fingerprint density at radius 1 is 0.879 bits per heavy atom. The van der Waals surface area contributed by atoms with Crippen LogP contribution < -0.4 is 5.32 Å². The first kappa shape index (κ1) is 21.1. The number of nitrogens with zero attached hydrogens (tertiary/aromatic N) is 6. The average Bonchev–Trinajstić information content (AvgIpc) is 3.54. The molecular formula is C25H27N7O. The van der Waals surface area contributed by atoms with E-state index in [4.69, 9.17) is 0 Å². The van der Waals surface area contributed by atoms with Crippen LogP contribution in [-0.2, 0) is 11.8 Å². The minimum absolute atomic E-state index is 0.124. The van der Waals surface area contributed by atoms with Gasteiger partial charge in [0.1, 0.15) is 0 Å². The number of hydrogen-bond acceptors (Lipinski definition) is 5. The summed E-state index contributed by atoms with van der Waals surface area (Å²) in [4.78, 5) is 21.1. The van der Waals surface area contributed by atoms with E-state index >= 15 is 0 Å². The summed E-state index contributed by atoms with van der Waals surface area (Å²) in [5.74, 6) is 0.959. The largest absolute Gasteiger partial charge is 0.359 e. The molecule has 1 N–H and O–H groups in total. The standard InChI is InChI=1S/C25H27N7O/c1-26-25(33)17-6-8-23(9-7-17)32-16-22(14-30-32)20-11-27-24(28-12-20)19-5-3-4-18(10-19)21-13-29-31(2)15-21/h3-5,10-17,23H,6-9H2,1-2H3,(H,26,33). The molecular weight excluding hydrogens is 414 g/mol. The summed E-state index contributed by atoms with van der Waals surface area (Å²) in [6, 6.07) is 8.50. The van der Waals surface area contributed by atoms with Crippen LogP contribution in [0.15, 0.2) is 61.4 Å². The van der Waals surface area contributed by atoms with Gasteiger partial charge in [0, 0.05) is 67.1 Å². The third-order valence-electron chi connectivity index (χ3n) is 6.43. The zero-order valence-corrected chi connectivity index (χ0v) is 18.8. The molecule has 1 amide bonds. The monoisotopic (exact) mass is 441 g/mol. The van der Waals surface area contributed by atoms with Gasteiger partial charge in [-0.05, 0) is 37.3 Å². The van der Waals surface area contributed by atoms with Crippen molar-refractivity contribution in [3.63, 3.8) is 0 Å². The molecule has 3 aromatic heterocycles. The molecule has 33 heavy (non-hydrogen) atoms. The fraction of sp³-hybridized carbons (Fsp3) is 0.320. The third-order valence-corrected chi connectivity index (χ3v) is 6.43. The molecule has 0 saturated heterocycles. The van der Waals surface area contributed by atoms with Crippen LogP contribution in [0.25, 0.3) is 33.6 Å². The Morgan fingerprint density at radius 3 is 2.27 bits per heavy atom. The molecule has 0 radical (unpaired) electrons. The molecule has 0 spiro atoms. The number of benzene rings is 1. The molecule has 8 nitrogen and oxygen atoms in total. The Morgan fingerprint density at radius 2 is 1.58 bits per heavy atom. The van der Waals surface area contributed by atoms with Gasteiger partial charge in [0.15, 0.2) is 5.82 Å². The van der Waals surface area contributed by atoms with Crippen LogP contribution in [0.2, 0.25) is 0 Å². The minimum atomic E-state index is 0.124. The van der Waals surface area contributed by atoms with Gasteiger partial charge in [0.05, 0.1) is 18.4 Å². The molecule has 1 saturated carbocycles. The molecule has 5 rings (SSSR count). The fourth-order valence-electron chi connectivity index (χ4n) is 4.53. The van der Waals surface area contributed by atoms with Crippen molar-refractivity contribution in [1.29, 1.82) is 0 Å². The predicted molar refractivity (Wildman–Crippen MR) is 126 cm³/mol. The van der Waals surface area contributed by atoms with Crippen LogP contribution in [0.5, 0.6) is 0 Å². The highest BCUT2D eigenvalue weighted by Gasteiger charge is 2.27. The van der Waals surface area contributed by atoms with Gasteiger partial charge in [-0.3, -0.25) is 14.2 Å². The first-order valence-electron chi connectivity index (χ1n) is 11.3. The second-order valence-corrected chi connectivity index (χ2v) is 8.61. The first-order chi connectivity index (χ1) is 16.1. The van der Waals surface area contributed by atoms with E-state index in [1.165, 1.54) is 0 Å². The molecule has 0 bridgehead atoms. The summed E-state index contributed by atoms with van der Waals surface area (Å²) in [6.07, 6.45) is 15.2. The average molecular weight is 442 g/mol. The molecule has 1 fully saturated rings. The van der Waals surface area contributed by atoms with Gasteiger partial charge in [0.2, 0.25) is 5.91 Å². The van der Waals surface area contributed by atoms with Crippen molar-refractivity contribution < 1.29 is 4.79 Å². The summed E-state index contributed by atoms with van der Waals surface area (Å²) in [5, 5.41) is 11.6. The molecule has 0 atom stereocenters. The molecule has 8 heteroatoms. The van der Waals surface area contributed by atoms with E-state index in [-0.39, 0.29) is 11.8 Å². The van der Waals surface area contributed by atoms with E-state index in [0.717, 1.165) is 53.5 Å². The molecule has 1 aromatic carbocycles. The maximum atomic E-state index is 11.9. The van der Waals surface area contributed by atoms with E-state index in [2.05, 4.69) is 43.8 Å². The highest BCUT2D eigenvalue weighted by molar-refractivity contribution is 5.78. The molecule has 4 aromatic rings. The third kappa shape index (κ3) is 4.41. The van der Waals surface area contributed by atoms with E-state index in [0.29, 0.717) is 11.9 Å². The quantitative estimate of drug-likeness (QED) is 0.507. The summed E-state index contributed by atoms with van der Waals surface area (Å²) in [5.41, 5.74) is 5.05. The lowest BCUT2D eigenvalue weighted by molar-refractivity contribution is -0.125. The van der Waals surface area contributed by atoms with Crippen LogP contribution in [0, 0.1) is 5.92 Å². The van der Waals surface area contributed by atoms with Gasteiger partial charge in [-0.1, -0.05) is 18.2 Å². The van der Waals surface area contributed by atoms with E-state index < -0.39 is 0 Å². The molecule has 0 aliphatic heterocycles. The zero-order valence-electron chi connectivity index (χ0n) is 18.8. The predicted octanol–water partition coefficient (Wildman–Crippen LogP) is 3.88. The van der Waals surface area contributed by atoms with Crippen LogP contribution in [-0.4, -0.2) is 42.5 Å². The normalized spacial score (nSPS) is 18.2.